The van der Waals surface area contributed by atoms with Crippen molar-refractivity contribution in [3.8, 4) is 28.5 Å². The van der Waals surface area contributed by atoms with Crippen molar-refractivity contribution < 1.29 is 28.1 Å². The number of rotatable bonds is 8. The smallest absolute Gasteiger partial charge is 0.338 e. The van der Waals surface area contributed by atoms with Crippen LogP contribution in [-0.2, 0) is 0 Å². The van der Waals surface area contributed by atoms with E-state index in [-0.39, 0.29) is 17.6 Å². The second kappa shape index (κ2) is 9.19. The number of benzene rings is 2. The van der Waals surface area contributed by atoms with Crippen LogP contribution in [0.25, 0.3) is 22.8 Å². The minimum Gasteiger partial charge on any atom is -0.481 e. The van der Waals surface area contributed by atoms with E-state index < -0.39 is 23.5 Å². The molecule has 0 aliphatic carbocycles. The fourth-order valence-corrected chi connectivity index (χ4v) is 3.05. The van der Waals surface area contributed by atoms with Gasteiger partial charge in [0.15, 0.2) is 6.10 Å². The normalized spacial score (nSPS) is 12.2. The largest absolute Gasteiger partial charge is 0.481 e. The number of aromatic carboxylic acids is 1. The molecule has 1 N–H and O–H groups in total. The molecule has 33 heavy (non-hydrogen) atoms. The zero-order valence-electron chi connectivity index (χ0n) is 18.2. The molecule has 10 heteroatoms. The monoisotopic (exact) mass is 452 g/mol. The summed E-state index contributed by atoms with van der Waals surface area (Å²) >= 11 is 0. The maximum absolute atomic E-state index is 14.0. The van der Waals surface area contributed by atoms with Crippen LogP contribution >= 0.6 is 0 Å². The number of carboxylic acids is 1. The van der Waals surface area contributed by atoms with Gasteiger partial charge in [0.05, 0.1) is 5.56 Å². The summed E-state index contributed by atoms with van der Waals surface area (Å²) in [6.07, 6.45) is 0.0103. The van der Waals surface area contributed by atoms with Gasteiger partial charge >= 0.3 is 5.97 Å². The molecule has 4 aromatic rings. The zero-order chi connectivity index (χ0) is 23.5. The van der Waals surface area contributed by atoms with E-state index in [1.54, 1.807) is 12.1 Å². The van der Waals surface area contributed by atoms with Crippen molar-refractivity contribution in [2.75, 3.05) is 0 Å². The van der Waals surface area contributed by atoms with Crippen LogP contribution < -0.4 is 4.74 Å². The number of carboxylic acid groups (broad SMARTS) is 1. The van der Waals surface area contributed by atoms with Crippen molar-refractivity contribution in [1.29, 1.82) is 0 Å². The van der Waals surface area contributed by atoms with E-state index in [4.69, 9.17) is 18.9 Å². The zero-order valence-corrected chi connectivity index (χ0v) is 18.2. The predicted molar refractivity (Wildman–Crippen MR) is 114 cm³/mol. The summed E-state index contributed by atoms with van der Waals surface area (Å²) in [4.78, 5) is 19.7. The topological polar surface area (TPSA) is 124 Å². The number of ether oxygens (including phenoxy) is 1. The van der Waals surface area contributed by atoms with E-state index in [9.17, 15) is 9.18 Å². The molecule has 0 unspecified atom stereocenters. The summed E-state index contributed by atoms with van der Waals surface area (Å²) in [5.41, 5.74) is 0.660. The Morgan fingerprint density at radius 2 is 1.61 bits per heavy atom. The van der Waals surface area contributed by atoms with Crippen LogP contribution in [-0.4, -0.2) is 31.4 Å². The quantitative estimate of drug-likeness (QED) is 0.380. The molecule has 0 radical (unpaired) electrons. The molecule has 170 valence electrons. The number of aromatic nitrogens is 4. The van der Waals surface area contributed by atoms with Gasteiger partial charge in [0.1, 0.15) is 11.6 Å². The molecule has 4 rings (SSSR count). The SMILES string of the molecule is CC[C@@H](Oc1ccc(-c2noc(C(C)C)n2)cc1)c1nc(-c2ccc(C(=O)O)c(F)c2)no1. The molecule has 0 aliphatic heterocycles. The van der Waals surface area contributed by atoms with Crippen molar-refractivity contribution in [2.24, 2.45) is 0 Å². The van der Waals surface area contributed by atoms with E-state index in [2.05, 4.69) is 20.3 Å². The average molecular weight is 452 g/mol. The highest BCUT2D eigenvalue weighted by Crippen LogP contribution is 2.28. The van der Waals surface area contributed by atoms with E-state index in [1.807, 2.05) is 32.9 Å². The first-order valence-corrected chi connectivity index (χ1v) is 10.3. The van der Waals surface area contributed by atoms with Crippen LogP contribution in [0.15, 0.2) is 51.5 Å². The van der Waals surface area contributed by atoms with Gasteiger partial charge < -0.3 is 18.9 Å². The van der Waals surface area contributed by atoms with Gasteiger partial charge in [-0.1, -0.05) is 31.1 Å². The first kappa shape index (κ1) is 22.1. The second-order valence-corrected chi connectivity index (χ2v) is 7.61. The highest BCUT2D eigenvalue weighted by Gasteiger charge is 2.21. The van der Waals surface area contributed by atoms with Gasteiger partial charge in [0, 0.05) is 17.0 Å². The highest BCUT2D eigenvalue weighted by atomic mass is 19.1. The van der Waals surface area contributed by atoms with Crippen molar-refractivity contribution in [1.82, 2.24) is 20.3 Å². The Labute approximate surface area is 188 Å². The molecule has 0 fully saturated rings. The number of hydrogen-bond acceptors (Lipinski definition) is 8. The van der Waals surface area contributed by atoms with Crippen molar-refractivity contribution >= 4 is 5.97 Å². The van der Waals surface area contributed by atoms with Gasteiger partial charge in [0.2, 0.25) is 17.5 Å². The van der Waals surface area contributed by atoms with E-state index >= 15 is 0 Å². The van der Waals surface area contributed by atoms with Crippen molar-refractivity contribution in [2.45, 2.75) is 39.2 Å². The van der Waals surface area contributed by atoms with Crippen LogP contribution in [0.2, 0.25) is 0 Å². The summed E-state index contributed by atoms with van der Waals surface area (Å²) in [6, 6.07) is 10.8. The Morgan fingerprint density at radius 3 is 2.18 bits per heavy atom. The van der Waals surface area contributed by atoms with Crippen LogP contribution in [0, 0.1) is 5.82 Å². The molecule has 2 aromatic heterocycles. The van der Waals surface area contributed by atoms with E-state index in [0.717, 1.165) is 17.7 Å². The summed E-state index contributed by atoms with van der Waals surface area (Å²) in [5.74, 6) is -0.0777. The molecule has 2 heterocycles. The molecule has 0 saturated heterocycles. The molecule has 0 aliphatic rings. The standard InChI is InChI=1S/C23H21FN4O5/c1-4-18(22-26-20(28-33-22)14-7-10-16(23(29)30)17(24)11-14)31-15-8-5-13(6-9-15)19-25-21(12(2)3)32-27-19/h5-12,18H,4H2,1-3H3,(H,29,30)/t18-/m1/s1. The van der Waals surface area contributed by atoms with Gasteiger partial charge in [-0.05, 0) is 48.9 Å². The number of nitrogens with zero attached hydrogens (tertiary/aromatic N) is 4. The average Bonchev–Trinajstić information content (AvgIpc) is 3.48. The Morgan fingerprint density at radius 1 is 1.00 bits per heavy atom. The maximum Gasteiger partial charge on any atom is 0.338 e. The minimum absolute atomic E-state index is 0.135. The Bertz CT molecular complexity index is 1270. The number of halogens is 1. The summed E-state index contributed by atoms with van der Waals surface area (Å²) in [7, 11) is 0. The van der Waals surface area contributed by atoms with E-state index in [1.165, 1.54) is 6.07 Å². The maximum atomic E-state index is 14.0. The molecule has 0 saturated carbocycles. The van der Waals surface area contributed by atoms with E-state index in [0.29, 0.717) is 29.4 Å². The van der Waals surface area contributed by atoms with Crippen molar-refractivity contribution in [3.63, 3.8) is 0 Å². The lowest BCUT2D eigenvalue weighted by Gasteiger charge is -2.13. The van der Waals surface area contributed by atoms with Gasteiger partial charge in [-0.15, -0.1) is 0 Å². The number of carbonyl (C=O) groups is 1. The van der Waals surface area contributed by atoms with Gasteiger partial charge in [-0.3, -0.25) is 0 Å². The lowest BCUT2D eigenvalue weighted by atomic mass is 10.1. The van der Waals surface area contributed by atoms with Crippen LogP contribution in [0.1, 0.15) is 61.4 Å². The summed E-state index contributed by atoms with van der Waals surface area (Å²) in [5, 5.41) is 16.8. The third-order valence-corrected chi connectivity index (χ3v) is 4.87. The molecule has 9 nitrogen and oxygen atoms in total. The fourth-order valence-electron chi connectivity index (χ4n) is 3.05. The Kier molecular flexibility index (Phi) is 6.16. The molecule has 0 spiro atoms. The highest BCUT2D eigenvalue weighted by molar-refractivity contribution is 5.88. The van der Waals surface area contributed by atoms with Gasteiger partial charge in [-0.2, -0.15) is 9.97 Å². The first-order valence-electron chi connectivity index (χ1n) is 10.3. The lowest BCUT2D eigenvalue weighted by Crippen LogP contribution is -2.07. The molecule has 1 atom stereocenters. The molecular formula is C23H21FN4O5. The van der Waals surface area contributed by atoms with Crippen molar-refractivity contribution in [3.05, 3.63) is 65.6 Å². The first-order chi connectivity index (χ1) is 15.9. The molecular weight excluding hydrogens is 431 g/mol. The molecule has 0 amide bonds. The van der Waals surface area contributed by atoms with Gasteiger partial charge in [0.25, 0.3) is 5.89 Å². The Balaban J connectivity index is 1.49. The van der Waals surface area contributed by atoms with Gasteiger partial charge in [-0.25, -0.2) is 9.18 Å². The summed E-state index contributed by atoms with van der Waals surface area (Å²) in [6.45, 7) is 5.85. The molecule has 0 bridgehead atoms. The molecule has 2 aromatic carbocycles. The third kappa shape index (κ3) is 4.74. The summed E-state index contributed by atoms with van der Waals surface area (Å²) < 4.78 is 30.6. The van der Waals surface area contributed by atoms with Crippen LogP contribution in [0.4, 0.5) is 4.39 Å². The fraction of sp³-hybridized carbons (Fsp3) is 0.261. The third-order valence-electron chi connectivity index (χ3n) is 4.87. The predicted octanol–water partition coefficient (Wildman–Crippen LogP) is 5.28. The Hall–Kier alpha value is -4.08. The number of hydrogen-bond donors (Lipinski definition) is 1. The lowest BCUT2D eigenvalue weighted by molar-refractivity contribution is 0.0692. The van der Waals surface area contributed by atoms with Crippen LogP contribution in [0.5, 0.6) is 5.75 Å². The van der Waals surface area contributed by atoms with Crippen LogP contribution in [0.3, 0.4) is 0 Å². The second-order valence-electron chi connectivity index (χ2n) is 7.61. The minimum atomic E-state index is -1.35.